The third-order valence-electron chi connectivity index (χ3n) is 5.85. The fourth-order valence-electron chi connectivity index (χ4n) is 4.29. The zero-order chi connectivity index (χ0) is 21.8. The van der Waals surface area contributed by atoms with Crippen LogP contribution in [0.25, 0.3) is 0 Å². The second-order valence-electron chi connectivity index (χ2n) is 7.72. The van der Waals surface area contributed by atoms with Crippen molar-refractivity contribution in [3.63, 3.8) is 0 Å². The van der Waals surface area contributed by atoms with E-state index >= 15 is 0 Å². The van der Waals surface area contributed by atoms with Crippen molar-refractivity contribution in [1.29, 1.82) is 0 Å². The molecule has 0 N–H and O–H groups in total. The molecule has 160 valence electrons. The fraction of sp³-hybridized carbons (Fsp3) is 0.174. The molecule has 0 saturated heterocycles. The number of nitro groups is 1. The van der Waals surface area contributed by atoms with Crippen molar-refractivity contribution in [2.45, 2.75) is 18.7 Å². The molecule has 8 nitrogen and oxygen atoms in total. The van der Waals surface area contributed by atoms with E-state index in [0.717, 1.165) is 28.2 Å². The number of hydrogen-bond acceptors (Lipinski definition) is 7. The molecule has 0 aliphatic carbocycles. The van der Waals surface area contributed by atoms with Gasteiger partial charge in [0.25, 0.3) is 5.69 Å². The van der Waals surface area contributed by atoms with Crippen LogP contribution < -0.4 is 14.2 Å². The molecular weight excluding hydrogens is 434 g/mol. The van der Waals surface area contributed by atoms with Gasteiger partial charge in [-0.25, -0.2) is 5.01 Å². The van der Waals surface area contributed by atoms with Crippen LogP contribution in [-0.2, 0) is 0 Å². The van der Waals surface area contributed by atoms with Gasteiger partial charge < -0.3 is 14.2 Å². The van der Waals surface area contributed by atoms with E-state index < -0.39 is 11.2 Å². The maximum Gasteiger partial charge on any atom is 0.269 e. The SMILES string of the molecule is O=[N+]([O-])c1ccc([C@@H]2Oc3ccc(Cl)cc3[C@@H]3CC(c4ccc5c(c4)OCO5)=NN32)cc1. The first-order chi connectivity index (χ1) is 15.6. The Hall–Kier alpha value is -3.78. The minimum atomic E-state index is -0.527. The van der Waals surface area contributed by atoms with Crippen molar-refractivity contribution < 1.29 is 19.1 Å². The van der Waals surface area contributed by atoms with Crippen LogP contribution >= 0.6 is 11.6 Å². The molecule has 3 aliphatic rings. The summed E-state index contributed by atoms with van der Waals surface area (Å²) in [5, 5.41) is 18.5. The topological polar surface area (TPSA) is 86.4 Å². The minimum Gasteiger partial charge on any atom is -0.464 e. The van der Waals surface area contributed by atoms with E-state index in [1.54, 1.807) is 18.2 Å². The van der Waals surface area contributed by atoms with Gasteiger partial charge in [-0.1, -0.05) is 11.6 Å². The van der Waals surface area contributed by atoms with Crippen molar-refractivity contribution in [1.82, 2.24) is 5.01 Å². The Bertz CT molecular complexity index is 1280. The molecular formula is C23H16ClN3O5. The third-order valence-corrected chi connectivity index (χ3v) is 6.08. The quantitative estimate of drug-likeness (QED) is 0.402. The lowest BCUT2D eigenvalue weighted by Crippen LogP contribution is -2.33. The fourth-order valence-corrected chi connectivity index (χ4v) is 4.47. The summed E-state index contributed by atoms with van der Waals surface area (Å²) in [7, 11) is 0. The van der Waals surface area contributed by atoms with Crippen molar-refractivity contribution >= 4 is 23.0 Å². The molecule has 3 aromatic rings. The highest BCUT2D eigenvalue weighted by atomic mass is 35.5. The number of nitrogens with zero attached hydrogens (tertiary/aromatic N) is 3. The van der Waals surface area contributed by atoms with Crippen molar-refractivity contribution in [3.8, 4) is 17.2 Å². The Morgan fingerprint density at radius 3 is 2.59 bits per heavy atom. The largest absolute Gasteiger partial charge is 0.464 e. The van der Waals surface area contributed by atoms with E-state index in [9.17, 15) is 10.1 Å². The van der Waals surface area contributed by atoms with Gasteiger partial charge in [0.05, 0.1) is 16.7 Å². The Kier molecular flexibility index (Phi) is 4.22. The first kappa shape index (κ1) is 18.9. The lowest BCUT2D eigenvalue weighted by molar-refractivity contribution is -0.384. The number of hydrogen-bond donors (Lipinski definition) is 0. The van der Waals surface area contributed by atoms with Gasteiger partial charge in [-0.05, 0) is 48.5 Å². The van der Waals surface area contributed by atoms with Crippen molar-refractivity contribution in [3.05, 3.63) is 92.5 Å². The predicted octanol–water partition coefficient (Wildman–Crippen LogP) is 5.22. The number of ether oxygens (including phenoxy) is 3. The van der Waals surface area contributed by atoms with Crippen molar-refractivity contribution in [2.75, 3.05) is 6.79 Å². The van der Waals surface area contributed by atoms with E-state index in [1.165, 1.54) is 12.1 Å². The van der Waals surface area contributed by atoms with Gasteiger partial charge in [0.2, 0.25) is 13.0 Å². The van der Waals surface area contributed by atoms with Crippen LogP contribution in [0.3, 0.4) is 0 Å². The Labute approximate surface area is 187 Å². The van der Waals surface area contributed by atoms with Crippen LogP contribution in [0.1, 0.15) is 35.4 Å². The second-order valence-corrected chi connectivity index (χ2v) is 8.15. The lowest BCUT2D eigenvalue weighted by Gasteiger charge is -2.38. The Morgan fingerprint density at radius 1 is 1.00 bits per heavy atom. The molecule has 9 heteroatoms. The number of nitro benzene ring substituents is 1. The van der Waals surface area contributed by atoms with Gasteiger partial charge >= 0.3 is 0 Å². The van der Waals surface area contributed by atoms with Crippen LogP contribution in [0.15, 0.2) is 65.8 Å². The molecule has 0 bridgehead atoms. The number of rotatable bonds is 3. The number of non-ortho nitro benzene ring substituents is 1. The number of benzene rings is 3. The van der Waals surface area contributed by atoms with E-state index in [-0.39, 0.29) is 18.5 Å². The highest BCUT2D eigenvalue weighted by Gasteiger charge is 2.41. The summed E-state index contributed by atoms with van der Waals surface area (Å²) in [6.45, 7) is 0.210. The Morgan fingerprint density at radius 2 is 1.78 bits per heavy atom. The average molecular weight is 450 g/mol. The van der Waals surface area contributed by atoms with E-state index in [1.807, 2.05) is 35.3 Å². The molecule has 0 aromatic heterocycles. The highest BCUT2D eigenvalue weighted by molar-refractivity contribution is 6.30. The number of fused-ring (bicyclic) bond motifs is 4. The summed E-state index contributed by atoms with van der Waals surface area (Å²) in [6, 6.07) is 17.6. The van der Waals surface area contributed by atoms with Crippen LogP contribution in [0.2, 0.25) is 5.02 Å². The summed E-state index contributed by atoms with van der Waals surface area (Å²) in [4.78, 5) is 10.6. The molecule has 0 fully saturated rings. The van der Waals surface area contributed by atoms with Gasteiger partial charge in [-0.3, -0.25) is 10.1 Å². The van der Waals surface area contributed by atoms with Crippen LogP contribution in [0.5, 0.6) is 17.2 Å². The number of hydrazone groups is 1. The van der Waals surface area contributed by atoms with Gasteiger partial charge in [0.1, 0.15) is 5.75 Å². The van der Waals surface area contributed by atoms with E-state index in [0.29, 0.717) is 22.9 Å². The minimum absolute atomic E-state index is 0.0271. The molecule has 6 rings (SSSR count). The zero-order valence-corrected chi connectivity index (χ0v) is 17.4. The summed E-state index contributed by atoms with van der Waals surface area (Å²) in [5.41, 5.74) is 3.58. The van der Waals surface area contributed by atoms with Gasteiger partial charge in [0, 0.05) is 40.3 Å². The smallest absolute Gasteiger partial charge is 0.269 e. The number of halogens is 1. The summed E-state index contributed by atoms with van der Waals surface area (Å²) >= 11 is 6.28. The Balaban J connectivity index is 1.42. The normalized spacial score (nSPS) is 20.3. The van der Waals surface area contributed by atoms with Crippen LogP contribution in [-0.4, -0.2) is 22.4 Å². The third kappa shape index (κ3) is 3.03. The summed E-state index contributed by atoms with van der Waals surface area (Å²) in [6.07, 6.45) is 0.126. The van der Waals surface area contributed by atoms with Crippen LogP contribution in [0, 0.1) is 10.1 Å². The molecule has 3 heterocycles. The van der Waals surface area contributed by atoms with Crippen molar-refractivity contribution in [2.24, 2.45) is 5.10 Å². The second kappa shape index (κ2) is 7.13. The van der Waals surface area contributed by atoms with Gasteiger partial charge in [-0.15, -0.1) is 0 Å². The molecule has 0 amide bonds. The standard InChI is InChI=1S/C23H16ClN3O5/c24-15-4-8-20-17(10-15)19-11-18(14-3-7-21-22(9-14)31-12-30-21)25-26(19)23(32-20)13-1-5-16(6-2-13)27(28)29/h1-10,19,23H,11-12H2/t19-,23-/m0/s1. The zero-order valence-electron chi connectivity index (χ0n) is 16.6. The average Bonchev–Trinajstić information content (AvgIpc) is 3.45. The molecule has 0 radical (unpaired) electrons. The first-order valence-corrected chi connectivity index (χ1v) is 10.4. The highest BCUT2D eigenvalue weighted by Crippen LogP contribution is 2.48. The predicted molar refractivity (Wildman–Crippen MR) is 116 cm³/mol. The molecule has 0 saturated carbocycles. The first-order valence-electron chi connectivity index (χ1n) is 10.0. The molecule has 32 heavy (non-hydrogen) atoms. The van der Waals surface area contributed by atoms with Gasteiger partial charge in [0.15, 0.2) is 11.5 Å². The maximum absolute atomic E-state index is 11.1. The maximum atomic E-state index is 11.1. The lowest BCUT2D eigenvalue weighted by atomic mass is 9.95. The van der Waals surface area contributed by atoms with Gasteiger partial charge in [-0.2, -0.15) is 5.10 Å². The van der Waals surface area contributed by atoms with E-state index in [2.05, 4.69) is 0 Å². The molecule has 2 atom stereocenters. The molecule has 3 aromatic carbocycles. The van der Waals surface area contributed by atoms with E-state index in [4.69, 9.17) is 30.9 Å². The van der Waals surface area contributed by atoms with Crippen LogP contribution in [0.4, 0.5) is 5.69 Å². The molecule has 0 unspecified atom stereocenters. The molecule has 0 spiro atoms. The summed E-state index contributed by atoms with van der Waals surface area (Å²) in [5.74, 6) is 2.14. The summed E-state index contributed by atoms with van der Waals surface area (Å²) < 4.78 is 17.2. The monoisotopic (exact) mass is 449 g/mol. The molecule has 3 aliphatic heterocycles.